The minimum absolute atomic E-state index is 0.774. The van der Waals surface area contributed by atoms with Crippen molar-refractivity contribution in [1.29, 1.82) is 0 Å². The number of fused-ring (bicyclic) bond motifs is 1. The molecule has 0 radical (unpaired) electrons. The molecule has 1 aromatic carbocycles. The summed E-state index contributed by atoms with van der Waals surface area (Å²) in [6.07, 6.45) is 5.45. The summed E-state index contributed by atoms with van der Waals surface area (Å²) in [7, 11) is 1.76. The van der Waals surface area contributed by atoms with Crippen LogP contribution in [-0.2, 0) is 0 Å². The third-order valence-electron chi connectivity index (χ3n) is 5.73. The first-order valence-corrected chi connectivity index (χ1v) is 9.29. The van der Waals surface area contributed by atoms with Gasteiger partial charge in [-0.3, -0.25) is 4.90 Å². The van der Waals surface area contributed by atoms with E-state index in [0.29, 0.717) is 0 Å². The number of benzene rings is 1. The molecule has 0 amide bonds. The third-order valence-corrected chi connectivity index (χ3v) is 5.73. The van der Waals surface area contributed by atoms with Gasteiger partial charge in [-0.1, -0.05) is 6.07 Å². The second-order valence-electron chi connectivity index (χ2n) is 7.49. The molecule has 2 aliphatic carbocycles. The van der Waals surface area contributed by atoms with Crippen molar-refractivity contribution in [2.75, 3.05) is 38.2 Å². The average molecular weight is 323 g/mol. The van der Waals surface area contributed by atoms with Crippen molar-refractivity contribution in [3.8, 4) is 5.75 Å². The van der Waals surface area contributed by atoms with Gasteiger partial charge in [0.2, 0.25) is 0 Å². The van der Waals surface area contributed by atoms with Gasteiger partial charge in [-0.2, -0.15) is 0 Å². The lowest BCUT2D eigenvalue weighted by molar-refractivity contribution is 0.247. The fraction of sp³-hybridized carbons (Fsp3) is 0.550. The number of aromatic nitrogens is 1. The van der Waals surface area contributed by atoms with Crippen LogP contribution in [0.5, 0.6) is 5.75 Å². The van der Waals surface area contributed by atoms with Crippen molar-refractivity contribution < 1.29 is 4.74 Å². The van der Waals surface area contributed by atoms with Crippen molar-refractivity contribution in [3.63, 3.8) is 0 Å². The topological polar surface area (TPSA) is 28.6 Å². The van der Waals surface area contributed by atoms with Gasteiger partial charge in [-0.25, -0.2) is 4.98 Å². The Morgan fingerprint density at radius 3 is 2.46 bits per heavy atom. The van der Waals surface area contributed by atoms with E-state index < -0.39 is 0 Å². The molecule has 4 heteroatoms. The second kappa shape index (κ2) is 5.62. The fourth-order valence-corrected chi connectivity index (χ4v) is 3.95. The lowest BCUT2D eigenvalue weighted by Gasteiger charge is -2.36. The van der Waals surface area contributed by atoms with Crippen LogP contribution in [0.15, 0.2) is 24.3 Å². The van der Waals surface area contributed by atoms with Crippen LogP contribution in [0.1, 0.15) is 37.2 Å². The molecular formula is C20H25N3O. The SMILES string of the molecule is COc1cc2cc(C3CC3)ccc2nc1N1CCN(C2CC2)CC1. The molecule has 3 fully saturated rings. The smallest absolute Gasteiger partial charge is 0.172 e. The Balaban J connectivity index is 1.44. The number of ether oxygens (including phenoxy) is 1. The Hall–Kier alpha value is -1.81. The maximum absolute atomic E-state index is 5.69. The summed E-state index contributed by atoms with van der Waals surface area (Å²) in [6, 6.07) is 9.79. The van der Waals surface area contributed by atoms with Gasteiger partial charge < -0.3 is 9.64 Å². The highest BCUT2D eigenvalue weighted by Gasteiger charge is 2.32. The van der Waals surface area contributed by atoms with Crippen LogP contribution in [0.2, 0.25) is 0 Å². The molecular weight excluding hydrogens is 298 g/mol. The molecule has 0 N–H and O–H groups in total. The molecule has 4 nitrogen and oxygen atoms in total. The summed E-state index contributed by atoms with van der Waals surface area (Å²) < 4.78 is 5.69. The Morgan fingerprint density at radius 1 is 1.00 bits per heavy atom. The molecule has 2 heterocycles. The molecule has 1 aliphatic heterocycles. The number of methoxy groups -OCH3 is 1. The molecule has 2 saturated carbocycles. The van der Waals surface area contributed by atoms with E-state index in [4.69, 9.17) is 9.72 Å². The molecule has 0 spiro atoms. The van der Waals surface area contributed by atoms with Crippen LogP contribution in [0, 0.1) is 0 Å². The minimum atomic E-state index is 0.774. The number of rotatable bonds is 4. The molecule has 0 bridgehead atoms. The highest BCUT2D eigenvalue weighted by molar-refractivity contribution is 5.84. The Morgan fingerprint density at radius 2 is 1.79 bits per heavy atom. The number of pyridine rings is 1. The standard InChI is InChI=1S/C20H25N3O/c1-24-19-13-16-12-15(14-2-3-14)4-7-18(16)21-20(19)23-10-8-22(9-11-23)17-5-6-17/h4,7,12-14,17H,2-3,5-6,8-11H2,1H3. The summed E-state index contributed by atoms with van der Waals surface area (Å²) in [5.41, 5.74) is 2.54. The van der Waals surface area contributed by atoms with Gasteiger partial charge in [0, 0.05) is 37.6 Å². The Kier molecular flexibility index (Phi) is 3.40. The van der Waals surface area contributed by atoms with Crippen LogP contribution in [0.4, 0.5) is 5.82 Å². The zero-order valence-electron chi connectivity index (χ0n) is 14.4. The zero-order chi connectivity index (χ0) is 16.1. The van der Waals surface area contributed by atoms with Crippen molar-refractivity contribution in [2.24, 2.45) is 0 Å². The molecule has 5 rings (SSSR count). The van der Waals surface area contributed by atoms with Gasteiger partial charge in [0.25, 0.3) is 0 Å². The highest BCUT2D eigenvalue weighted by Crippen LogP contribution is 2.41. The van der Waals surface area contributed by atoms with E-state index >= 15 is 0 Å². The summed E-state index contributed by atoms with van der Waals surface area (Å²) in [6.45, 7) is 4.39. The predicted molar refractivity (Wildman–Crippen MR) is 97.1 cm³/mol. The monoisotopic (exact) mass is 323 g/mol. The first kappa shape index (κ1) is 14.5. The summed E-state index contributed by atoms with van der Waals surface area (Å²) in [4.78, 5) is 9.98. The molecule has 0 unspecified atom stereocenters. The largest absolute Gasteiger partial charge is 0.493 e. The van der Waals surface area contributed by atoms with Gasteiger partial charge >= 0.3 is 0 Å². The molecule has 24 heavy (non-hydrogen) atoms. The third kappa shape index (κ3) is 2.63. The lowest BCUT2D eigenvalue weighted by atomic mass is 10.1. The van der Waals surface area contributed by atoms with Crippen LogP contribution in [0.25, 0.3) is 10.9 Å². The number of anilines is 1. The maximum atomic E-state index is 5.69. The fourth-order valence-electron chi connectivity index (χ4n) is 3.95. The van der Waals surface area contributed by atoms with E-state index in [9.17, 15) is 0 Å². The van der Waals surface area contributed by atoms with E-state index in [1.54, 1.807) is 7.11 Å². The van der Waals surface area contributed by atoms with E-state index in [-0.39, 0.29) is 0 Å². The minimum Gasteiger partial charge on any atom is -0.493 e. The molecule has 0 atom stereocenters. The van der Waals surface area contributed by atoms with Gasteiger partial charge in [-0.05, 0) is 55.4 Å². The van der Waals surface area contributed by atoms with Gasteiger partial charge in [0.1, 0.15) is 0 Å². The number of piperazine rings is 1. The second-order valence-corrected chi connectivity index (χ2v) is 7.49. The molecule has 3 aliphatic rings. The van der Waals surface area contributed by atoms with Gasteiger partial charge in [0.05, 0.1) is 12.6 Å². The van der Waals surface area contributed by atoms with Gasteiger partial charge in [-0.15, -0.1) is 0 Å². The zero-order valence-corrected chi connectivity index (χ0v) is 14.4. The Bertz CT molecular complexity index is 759. The van der Waals surface area contributed by atoms with Crippen LogP contribution in [0.3, 0.4) is 0 Å². The van der Waals surface area contributed by atoms with E-state index in [2.05, 4.69) is 34.1 Å². The average Bonchev–Trinajstić information content (AvgIpc) is 3.51. The van der Waals surface area contributed by atoms with E-state index in [1.807, 2.05) is 0 Å². The van der Waals surface area contributed by atoms with E-state index in [0.717, 1.165) is 55.2 Å². The molecule has 1 aromatic heterocycles. The van der Waals surface area contributed by atoms with Crippen LogP contribution in [-0.4, -0.2) is 49.2 Å². The maximum Gasteiger partial charge on any atom is 0.172 e. The highest BCUT2D eigenvalue weighted by atomic mass is 16.5. The first-order chi connectivity index (χ1) is 11.8. The summed E-state index contributed by atoms with van der Waals surface area (Å²) in [5, 5.41) is 1.21. The lowest BCUT2D eigenvalue weighted by Crippen LogP contribution is -2.47. The quantitative estimate of drug-likeness (QED) is 0.862. The molecule has 2 aromatic rings. The van der Waals surface area contributed by atoms with Crippen molar-refractivity contribution >= 4 is 16.7 Å². The number of hydrogen-bond donors (Lipinski definition) is 0. The number of nitrogens with zero attached hydrogens (tertiary/aromatic N) is 3. The molecule has 126 valence electrons. The molecule has 1 saturated heterocycles. The normalized spacial score (nSPS) is 22.1. The first-order valence-electron chi connectivity index (χ1n) is 9.29. The Labute approximate surface area is 143 Å². The summed E-state index contributed by atoms with van der Waals surface area (Å²) in [5.74, 6) is 2.70. The predicted octanol–water partition coefficient (Wildman–Crippen LogP) is 3.41. The summed E-state index contributed by atoms with van der Waals surface area (Å²) >= 11 is 0. The number of hydrogen-bond acceptors (Lipinski definition) is 4. The van der Waals surface area contributed by atoms with E-state index in [1.165, 1.54) is 36.6 Å². The van der Waals surface area contributed by atoms with Gasteiger partial charge in [0.15, 0.2) is 11.6 Å². The van der Waals surface area contributed by atoms with Crippen LogP contribution >= 0.6 is 0 Å². The van der Waals surface area contributed by atoms with Crippen molar-refractivity contribution in [1.82, 2.24) is 9.88 Å². The van der Waals surface area contributed by atoms with Crippen LogP contribution < -0.4 is 9.64 Å². The van der Waals surface area contributed by atoms with Crippen molar-refractivity contribution in [3.05, 3.63) is 29.8 Å². The van der Waals surface area contributed by atoms with Crippen molar-refractivity contribution in [2.45, 2.75) is 37.6 Å².